The van der Waals surface area contributed by atoms with Gasteiger partial charge in [-0.25, -0.2) is 4.79 Å². The highest BCUT2D eigenvalue weighted by Gasteiger charge is 2.22. The third-order valence-corrected chi connectivity index (χ3v) is 4.19. The number of nitrogens with one attached hydrogen (secondary N) is 1. The van der Waals surface area contributed by atoms with Crippen molar-refractivity contribution < 1.29 is 14.3 Å². The number of hydrogen-bond acceptors (Lipinski definition) is 4. The molecule has 0 unspecified atom stereocenters. The number of thiophene rings is 1. The Hall–Kier alpha value is -1.56. The van der Waals surface area contributed by atoms with Crippen molar-refractivity contribution in [2.24, 2.45) is 0 Å². The molecule has 0 saturated carbocycles. The molecule has 2 rings (SSSR count). The summed E-state index contributed by atoms with van der Waals surface area (Å²) in [5.74, 6) is -1.05. The Balaban J connectivity index is 2.47. The Morgan fingerprint density at radius 3 is 2.55 bits per heavy atom. The predicted molar refractivity (Wildman–Crippen MR) is 90.1 cm³/mol. The van der Waals surface area contributed by atoms with E-state index >= 15 is 0 Å². The molecule has 116 valence electrons. The first-order valence-electron chi connectivity index (χ1n) is 6.47. The van der Waals surface area contributed by atoms with Crippen LogP contribution in [0.2, 0.25) is 5.02 Å². The van der Waals surface area contributed by atoms with Crippen LogP contribution in [0, 0.1) is 0 Å². The third kappa shape index (κ3) is 3.80. The first kappa shape index (κ1) is 16.8. The predicted octanol–water partition coefficient (Wildman–Crippen LogP) is 4.42. The van der Waals surface area contributed by atoms with Crippen molar-refractivity contribution in [1.29, 1.82) is 0 Å². The van der Waals surface area contributed by atoms with E-state index in [0.29, 0.717) is 21.2 Å². The minimum absolute atomic E-state index is 0.184. The highest BCUT2D eigenvalue weighted by atomic mass is 35.5. The van der Waals surface area contributed by atoms with Crippen LogP contribution < -0.4 is 5.32 Å². The molecule has 0 aliphatic rings. The molecule has 0 atom stereocenters. The number of esters is 1. The fraction of sp³-hybridized carbons (Fsp3) is 0.200. The van der Waals surface area contributed by atoms with Crippen LogP contribution in [-0.4, -0.2) is 24.4 Å². The highest BCUT2D eigenvalue weighted by molar-refractivity contribution is 7.15. The van der Waals surface area contributed by atoms with Crippen molar-refractivity contribution in [3.63, 3.8) is 0 Å². The topological polar surface area (TPSA) is 55.4 Å². The summed E-state index contributed by atoms with van der Waals surface area (Å²) in [7, 11) is 0. The summed E-state index contributed by atoms with van der Waals surface area (Å²) >= 11 is 12.6. The average molecular weight is 358 g/mol. The van der Waals surface area contributed by atoms with Crippen molar-refractivity contribution in [3.8, 4) is 11.1 Å². The summed E-state index contributed by atoms with van der Waals surface area (Å²) in [5, 5.41) is 5.44. The molecule has 0 bridgehead atoms. The fourth-order valence-electron chi connectivity index (χ4n) is 1.86. The molecular formula is C15H13Cl2NO3S. The van der Waals surface area contributed by atoms with Crippen LogP contribution in [-0.2, 0) is 9.53 Å². The standard InChI is InChI=1S/C15H13Cl2NO3S/c1-2-21-15(20)13-11(9-3-5-10(17)6-4-9)8-22-14(13)18-12(19)7-16/h3-6,8H,2,7H2,1H3,(H,18,19). The van der Waals surface area contributed by atoms with Crippen LogP contribution in [0.4, 0.5) is 5.00 Å². The Kier molecular flexibility index (Phi) is 5.83. The zero-order valence-corrected chi connectivity index (χ0v) is 14.0. The molecule has 0 aliphatic carbocycles. The summed E-state index contributed by atoms with van der Waals surface area (Å²) in [4.78, 5) is 23.7. The Morgan fingerprint density at radius 2 is 1.95 bits per heavy atom. The second-order valence-corrected chi connectivity index (χ2v) is 5.85. The van der Waals surface area contributed by atoms with Crippen molar-refractivity contribution in [1.82, 2.24) is 0 Å². The van der Waals surface area contributed by atoms with E-state index in [0.717, 1.165) is 5.56 Å². The summed E-state index contributed by atoms with van der Waals surface area (Å²) in [5.41, 5.74) is 1.83. The van der Waals surface area contributed by atoms with Crippen molar-refractivity contribution >= 4 is 51.4 Å². The van der Waals surface area contributed by atoms with Crippen LogP contribution in [0.3, 0.4) is 0 Å². The second-order valence-electron chi connectivity index (χ2n) is 4.26. The fourth-order valence-corrected chi connectivity index (χ4v) is 3.02. The largest absolute Gasteiger partial charge is 0.462 e. The van der Waals surface area contributed by atoms with E-state index in [9.17, 15) is 9.59 Å². The van der Waals surface area contributed by atoms with Gasteiger partial charge in [-0.3, -0.25) is 4.79 Å². The van der Waals surface area contributed by atoms with E-state index in [1.165, 1.54) is 11.3 Å². The number of ether oxygens (including phenoxy) is 1. The smallest absolute Gasteiger partial charge is 0.341 e. The third-order valence-electron chi connectivity index (χ3n) is 2.80. The molecule has 0 radical (unpaired) electrons. The van der Waals surface area contributed by atoms with E-state index in [2.05, 4.69) is 5.32 Å². The Morgan fingerprint density at radius 1 is 1.27 bits per heavy atom. The minimum Gasteiger partial charge on any atom is -0.462 e. The van der Waals surface area contributed by atoms with Gasteiger partial charge < -0.3 is 10.1 Å². The van der Waals surface area contributed by atoms with Crippen molar-refractivity contribution in [2.45, 2.75) is 6.92 Å². The lowest BCUT2D eigenvalue weighted by molar-refractivity contribution is -0.113. The lowest BCUT2D eigenvalue weighted by Crippen LogP contribution is -2.15. The number of carbonyl (C=O) groups is 2. The average Bonchev–Trinajstić information content (AvgIpc) is 2.91. The van der Waals surface area contributed by atoms with E-state index in [-0.39, 0.29) is 18.4 Å². The van der Waals surface area contributed by atoms with Gasteiger partial charge in [0.15, 0.2) is 0 Å². The number of amides is 1. The molecule has 2 aromatic rings. The molecular weight excluding hydrogens is 345 g/mol. The lowest BCUT2D eigenvalue weighted by atomic mass is 10.0. The van der Waals surface area contributed by atoms with Gasteiger partial charge in [0.25, 0.3) is 0 Å². The van der Waals surface area contributed by atoms with Gasteiger partial charge in [0.1, 0.15) is 16.4 Å². The molecule has 1 aromatic heterocycles. The molecule has 22 heavy (non-hydrogen) atoms. The van der Waals surface area contributed by atoms with Gasteiger partial charge >= 0.3 is 5.97 Å². The number of anilines is 1. The maximum Gasteiger partial charge on any atom is 0.341 e. The van der Waals surface area contributed by atoms with Crippen LogP contribution in [0.25, 0.3) is 11.1 Å². The van der Waals surface area contributed by atoms with E-state index in [1.807, 2.05) is 0 Å². The van der Waals surface area contributed by atoms with E-state index in [4.69, 9.17) is 27.9 Å². The highest BCUT2D eigenvalue weighted by Crippen LogP contribution is 2.36. The molecule has 1 heterocycles. The first-order valence-corrected chi connectivity index (χ1v) is 8.26. The maximum absolute atomic E-state index is 12.2. The maximum atomic E-state index is 12.2. The molecule has 1 amide bonds. The zero-order chi connectivity index (χ0) is 16.1. The minimum atomic E-state index is -0.487. The zero-order valence-electron chi connectivity index (χ0n) is 11.7. The molecule has 1 aromatic carbocycles. The Bertz CT molecular complexity index is 683. The van der Waals surface area contributed by atoms with E-state index in [1.54, 1.807) is 36.6 Å². The quantitative estimate of drug-likeness (QED) is 0.636. The van der Waals surface area contributed by atoms with Gasteiger partial charge in [-0.05, 0) is 24.6 Å². The molecule has 1 N–H and O–H groups in total. The van der Waals surface area contributed by atoms with Crippen LogP contribution in [0.5, 0.6) is 0 Å². The normalized spacial score (nSPS) is 10.3. The number of benzene rings is 1. The number of halogens is 2. The summed E-state index contributed by atoms with van der Waals surface area (Å²) in [6.07, 6.45) is 0. The van der Waals surface area contributed by atoms with Crippen molar-refractivity contribution in [2.75, 3.05) is 17.8 Å². The molecule has 7 heteroatoms. The van der Waals surface area contributed by atoms with Gasteiger partial charge in [-0.15, -0.1) is 22.9 Å². The number of carbonyl (C=O) groups excluding carboxylic acids is 2. The monoisotopic (exact) mass is 357 g/mol. The van der Waals surface area contributed by atoms with Gasteiger partial charge in [0, 0.05) is 16.0 Å². The van der Waals surface area contributed by atoms with Gasteiger partial charge in [-0.2, -0.15) is 0 Å². The molecule has 0 aliphatic heterocycles. The van der Waals surface area contributed by atoms with Gasteiger partial charge in [0.2, 0.25) is 5.91 Å². The van der Waals surface area contributed by atoms with Gasteiger partial charge in [0.05, 0.1) is 6.61 Å². The van der Waals surface area contributed by atoms with Crippen molar-refractivity contribution in [3.05, 3.63) is 40.2 Å². The lowest BCUT2D eigenvalue weighted by Gasteiger charge is -2.08. The summed E-state index contributed by atoms with van der Waals surface area (Å²) in [6, 6.07) is 7.08. The van der Waals surface area contributed by atoms with Gasteiger partial charge in [-0.1, -0.05) is 23.7 Å². The van der Waals surface area contributed by atoms with Crippen LogP contribution in [0.1, 0.15) is 17.3 Å². The molecule has 0 spiro atoms. The molecule has 0 fully saturated rings. The number of rotatable bonds is 5. The number of hydrogen-bond donors (Lipinski definition) is 1. The van der Waals surface area contributed by atoms with E-state index < -0.39 is 5.97 Å². The first-order chi connectivity index (χ1) is 10.6. The van der Waals surface area contributed by atoms with Crippen LogP contribution >= 0.6 is 34.5 Å². The summed E-state index contributed by atoms with van der Waals surface area (Å²) < 4.78 is 5.09. The second kappa shape index (κ2) is 7.63. The van der Waals surface area contributed by atoms with Crippen LogP contribution in [0.15, 0.2) is 29.6 Å². The number of alkyl halides is 1. The molecule has 0 saturated heterocycles. The SMILES string of the molecule is CCOC(=O)c1c(-c2ccc(Cl)cc2)csc1NC(=O)CCl. The molecule has 4 nitrogen and oxygen atoms in total. The summed E-state index contributed by atoms with van der Waals surface area (Å²) in [6.45, 7) is 1.97. The Labute approximate surface area is 142 Å².